The van der Waals surface area contributed by atoms with Gasteiger partial charge in [0.15, 0.2) is 6.29 Å². The van der Waals surface area contributed by atoms with E-state index in [-0.39, 0.29) is 28.1 Å². The second kappa shape index (κ2) is 6.50. The second-order valence-corrected chi connectivity index (χ2v) is 5.75. The fourth-order valence-electron chi connectivity index (χ4n) is 2.18. The maximum atomic E-state index is 11.2. The van der Waals surface area contributed by atoms with Crippen LogP contribution in [-0.4, -0.2) is 26.3 Å². The van der Waals surface area contributed by atoms with Crippen LogP contribution in [0.1, 0.15) is 10.4 Å². The molecule has 10 heteroatoms. The quantitative estimate of drug-likeness (QED) is 0.398. The normalized spacial score (nSPS) is 10.6. The largest absolute Gasteiger partial charge is 0.493 e. The molecular formula is C15H8Cl2N4O4. The highest BCUT2D eigenvalue weighted by Gasteiger charge is 2.17. The van der Waals surface area contributed by atoms with Crippen molar-refractivity contribution in [3.63, 3.8) is 0 Å². The maximum Gasteiger partial charge on any atom is 0.271 e. The molecule has 0 aliphatic heterocycles. The molecule has 0 aliphatic carbocycles. The number of non-ortho nitro benzene ring substituents is 1. The van der Waals surface area contributed by atoms with Crippen LogP contribution in [0.25, 0.3) is 10.9 Å². The van der Waals surface area contributed by atoms with Crippen LogP contribution in [0.3, 0.4) is 0 Å². The van der Waals surface area contributed by atoms with E-state index in [2.05, 4.69) is 15.3 Å². The molecule has 2 N–H and O–H groups in total. The average Bonchev–Trinajstić information content (AvgIpc) is 2.57. The predicted octanol–water partition coefficient (Wildman–Crippen LogP) is 4.11. The molecule has 1 heterocycles. The number of aromatic hydroxyl groups is 1. The fourth-order valence-corrected chi connectivity index (χ4v) is 2.48. The monoisotopic (exact) mass is 378 g/mol. The van der Waals surface area contributed by atoms with Crippen LogP contribution in [0.4, 0.5) is 17.3 Å². The molecule has 0 amide bonds. The number of nitrogens with zero attached hydrogens (tertiary/aromatic N) is 3. The number of aldehydes is 1. The molecule has 0 radical (unpaired) electrons. The van der Waals surface area contributed by atoms with Gasteiger partial charge >= 0.3 is 0 Å². The number of carbonyl (C=O) groups excluding carboxylic acids is 1. The minimum atomic E-state index is -0.673. The number of nitro benzene ring substituents is 1. The average molecular weight is 379 g/mol. The number of anilines is 2. The number of nitro groups is 1. The van der Waals surface area contributed by atoms with Gasteiger partial charge in [0.05, 0.1) is 25.9 Å². The number of fused-ring (bicyclic) bond motifs is 1. The van der Waals surface area contributed by atoms with Gasteiger partial charge in [0, 0.05) is 23.4 Å². The van der Waals surface area contributed by atoms with Gasteiger partial charge in [-0.1, -0.05) is 23.2 Å². The van der Waals surface area contributed by atoms with E-state index in [0.717, 1.165) is 12.1 Å². The summed E-state index contributed by atoms with van der Waals surface area (Å²) in [5, 5.41) is 24.5. The van der Waals surface area contributed by atoms with Crippen LogP contribution in [0.5, 0.6) is 5.88 Å². The molecule has 0 bridgehead atoms. The first-order valence-electron chi connectivity index (χ1n) is 6.75. The van der Waals surface area contributed by atoms with Gasteiger partial charge in [0.25, 0.3) is 5.69 Å². The van der Waals surface area contributed by atoms with Crippen molar-refractivity contribution in [2.45, 2.75) is 0 Å². The number of nitrogens with one attached hydrogen (secondary N) is 1. The number of carbonyl (C=O) groups is 1. The van der Waals surface area contributed by atoms with Crippen molar-refractivity contribution in [1.29, 1.82) is 0 Å². The summed E-state index contributed by atoms with van der Waals surface area (Å²) in [6, 6.07) is 6.89. The third kappa shape index (κ3) is 3.30. The number of benzene rings is 2. The van der Waals surface area contributed by atoms with Crippen molar-refractivity contribution >= 4 is 57.7 Å². The molecule has 3 rings (SSSR count). The highest BCUT2D eigenvalue weighted by atomic mass is 35.5. The molecule has 8 nitrogen and oxygen atoms in total. The molecule has 126 valence electrons. The number of hydrogen-bond acceptors (Lipinski definition) is 7. The molecule has 0 atom stereocenters. The number of hydrogen-bond donors (Lipinski definition) is 2. The van der Waals surface area contributed by atoms with E-state index in [0.29, 0.717) is 22.0 Å². The summed E-state index contributed by atoms with van der Waals surface area (Å²) in [7, 11) is 0. The molecule has 3 aromatic rings. The molecular weight excluding hydrogens is 371 g/mol. The number of halogens is 2. The molecule has 0 fully saturated rings. The van der Waals surface area contributed by atoms with E-state index in [9.17, 15) is 20.0 Å². The summed E-state index contributed by atoms with van der Waals surface area (Å²) < 4.78 is 0. The van der Waals surface area contributed by atoms with Gasteiger partial charge in [-0.2, -0.15) is 4.98 Å². The first kappa shape index (κ1) is 16.9. The second-order valence-electron chi connectivity index (χ2n) is 4.93. The summed E-state index contributed by atoms with van der Waals surface area (Å²) in [5.74, 6) is -0.514. The number of aromatic nitrogens is 2. The molecule has 25 heavy (non-hydrogen) atoms. The van der Waals surface area contributed by atoms with Gasteiger partial charge in [-0.05, 0) is 18.2 Å². The van der Waals surface area contributed by atoms with Crippen molar-refractivity contribution in [2.24, 2.45) is 0 Å². The fraction of sp³-hybridized carbons (Fsp3) is 0. The highest BCUT2D eigenvalue weighted by Crippen LogP contribution is 2.31. The van der Waals surface area contributed by atoms with Gasteiger partial charge in [0.2, 0.25) is 11.8 Å². The standard InChI is InChI=1S/C15H8Cl2N4O4/c16-11-2-1-8(4-12(11)17)18-15-19-13-7(6-22)3-9(21(24)25)5-10(13)14(23)20-15/h1-6H,(H2,18,19,20,23). The summed E-state index contributed by atoms with van der Waals surface area (Å²) in [5.41, 5.74) is 0.191. The Balaban J connectivity index is 2.12. The van der Waals surface area contributed by atoms with Gasteiger partial charge in [-0.25, -0.2) is 4.98 Å². The van der Waals surface area contributed by atoms with Crippen LogP contribution in [-0.2, 0) is 0 Å². The minimum Gasteiger partial charge on any atom is -0.493 e. The van der Waals surface area contributed by atoms with Crippen molar-refractivity contribution in [3.05, 3.63) is 56.1 Å². The summed E-state index contributed by atoms with van der Waals surface area (Å²) in [4.78, 5) is 29.5. The van der Waals surface area contributed by atoms with Crippen LogP contribution in [0.15, 0.2) is 30.3 Å². The Bertz CT molecular complexity index is 1030. The third-order valence-electron chi connectivity index (χ3n) is 3.31. The predicted molar refractivity (Wildman–Crippen MR) is 93.0 cm³/mol. The number of rotatable bonds is 4. The Labute approximate surface area is 150 Å². The SMILES string of the molecule is O=Cc1cc([N+](=O)[O-])cc2c(O)nc(Nc3ccc(Cl)c(Cl)c3)nc12. The molecule has 0 saturated carbocycles. The minimum absolute atomic E-state index is 0.00371. The topological polar surface area (TPSA) is 118 Å². The summed E-state index contributed by atoms with van der Waals surface area (Å²) in [6.07, 6.45) is 0.421. The Kier molecular flexibility index (Phi) is 4.39. The first-order valence-corrected chi connectivity index (χ1v) is 7.51. The molecule has 0 spiro atoms. The highest BCUT2D eigenvalue weighted by molar-refractivity contribution is 6.42. The van der Waals surface area contributed by atoms with E-state index < -0.39 is 10.8 Å². The Morgan fingerprint density at radius 2 is 1.92 bits per heavy atom. The van der Waals surface area contributed by atoms with Gasteiger partial charge in [0.1, 0.15) is 0 Å². The van der Waals surface area contributed by atoms with E-state index in [1.807, 2.05) is 0 Å². The lowest BCUT2D eigenvalue weighted by Gasteiger charge is -2.09. The summed E-state index contributed by atoms with van der Waals surface area (Å²) >= 11 is 11.8. The molecule has 0 aliphatic rings. The zero-order valence-electron chi connectivity index (χ0n) is 12.2. The van der Waals surface area contributed by atoms with Crippen LogP contribution in [0.2, 0.25) is 10.0 Å². The third-order valence-corrected chi connectivity index (χ3v) is 4.05. The Morgan fingerprint density at radius 3 is 2.56 bits per heavy atom. The first-order chi connectivity index (χ1) is 11.9. The van der Waals surface area contributed by atoms with Crippen molar-refractivity contribution in [1.82, 2.24) is 9.97 Å². The van der Waals surface area contributed by atoms with E-state index in [1.165, 1.54) is 6.07 Å². The maximum absolute atomic E-state index is 11.2. The van der Waals surface area contributed by atoms with Crippen LogP contribution < -0.4 is 5.32 Å². The molecule has 0 unspecified atom stereocenters. The molecule has 2 aromatic carbocycles. The molecule has 1 aromatic heterocycles. The lowest BCUT2D eigenvalue weighted by Crippen LogP contribution is -2.00. The molecule has 0 saturated heterocycles. The smallest absolute Gasteiger partial charge is 0.271 e. The lowest BCUT2D eigenvalue weighted by molar-refractivity contribution is -0.384. The Morgan fingerprint density at radius 1 is 1.16 bits per heavy atom. The van der Waals surface area contributed by atoms with Crippen molar-refractivity contribution in [2.75, 3.05) is 5.32 Å². The van der Waals surface area contributed by atoms with Crippen molar-refractivity contribution < 1.29 is 14.8 Å². The Hall–Kier alpha value is -2.97. The summed E-state index contributed by atoms with van der Waals surface area (Å²) in [6.45, 7) is 0. The lowest BCUT2D eigenvalue weighted by atomic mass is 10.1. The van der Waals surface area contributed by atoms with Crippen LogP contribution in [0, 0.1) is 10.1 Å². The zero-order valence-corrected chi connectivity index (χ0v) is 13.7. The van der Waals surface area contributed by atoms with E-state index in [4.69, 9.17) is 23.2 Å². The van der Waals surface area contributed by atoms with Crippen LogP contribution >= 0.6 is 23.2 Å². The zero-order chi connectivity index (χ0) is 18.1. The van der Waals surface area contributed by atoms with E-state index in [1.54, 1.807) is 12.1 Å². The van der Waals surface area contributed by atoms with E-state index >= 15 is 0 Å². The van der Waals surface area contributed by atoms with Gasteiger partial charge in [-0.15, -0.1) is 0 Å². The van der Waals surface area contributed by atoms with Gasteiger partial charge in [-0.3, -0.25) is 14.9 Å². The van der Waals surface area contributed by atoms with Gasteiger partial charge < -0.3 is 10.4 Å². The van der Waals surface area contributed by atoms with Crippen molar-refractivity contribution in [3.8, 4) is 5.88 Å².